The van der Waals surface area contributed by atoms with E-state index in [1.165, 1.54) is 94.0 Å². The van der Waals surface area contributed by atoms with E-state index >= 15 is 0 Å². The Balaban J connectivity index is 1.07. The zero-order chi connectivity index (χ0) is 44.2. The fourth-order valence-corrected chi connectivity index (χ4v) is 11.0. The number of nitrogens with zero attached hydrogens (tertiary/aromatic N) is 1. The van der Waals surface area contributed by atoms with Crippen LogP contribution in [0.5, 0.6) is 0 Å². The zero-order valence-corrected chi connectivity index (χ0v) is 37.2. The number of hydrogen-bond donors (Lipinski definition) is 0. The van der Waals surface area contributed by atoms with Gasteiger partial charge in [0, 0.05) is 27.6 Å². The third-order valence-electron chi connectivity index (χ3n) is 14.1. The van der Waals surface area contributed by atoms with Crippen LogP contribution >= 0.6 is 0 Å². The van der Waals surface area contributed by atoms with Crippen LogP contribution in [0.1, 0.15) is 43.4 Å². The predicted octanol–water partition coefficient (Wildman–Crippen LogP) is 17.5. The van der Waals surface area contributed by atoms with E-state index in [4.69, 9.17) is 0 Å². The van der Waals surface area contributed by atoms with Gasteiger partial charge < -0.3 is 4.90 Å². The van der Waals surface area contributed by atoms with Crippen molar-refractivity contribution in [3.8, 4) is 44.5 Å². The molecule has 3 aliphatic carbocycles. The Hall–Kier alpha value is -8.18. The molecule has 0 saturated heterocycles. The summed E-state index contributed by atoms with van der Waals surface area (Å²) in [5.41, 5.74) is 27.7. The van der Waals surface area contributed by atoms with Crippen LogP contribution in [-0.4, -0.2) is 0 Å². The Bertz CT molecular complexity index is 3600. The van der Waals surface area contributed by atoms with Gasteiger partial charge in [-0.2, -0.15) is 0 Å². The molecule has 0 unspecified atom stereocenters. The van der Waals surface area contributed by atoms with E-state index < -0.39 is 0 Å². The molecule has 1 nitrogen and oxygen atoms in total. The largest absolute Gasteiger partial charge is 0.313 e. The molecule has 9 aromatic rings. The Morgan fingerprint density at radius 2 is 1.02 bits per heavy atom. The quantitative estimate of drug-likeness (QED) is 0.138. The smallest absolute Gasteiger partial charge is 0.0543 e. The van der Waals surface area contributed by atoms with Crippen LogP contribution in [0.3, 0.4) is 0 Å². The number of allylic oxidation sites excluding steroid dienone is 8. The van der Waals surface area contributed by atoms with Gasteiger partial charge in [0.25, 0.3) is 0 Å². The van der Waals surface area contributed by atoms with Crippen molar-refractivity contribution in [2.24, 2.45) is 0 Å². The number of fused-ring (bicyclic) bond motifs is 4. The summed E-state index contributed by atoms with van der Waals surface area (Å²) in [6, 6.07) is 73.7. The summed E-state index contributed by atoms with van der Waals surface area (Å²) in [6.45, 7) is 4.80. The Kier molecular flexibility index (Phi) is 9.62. The average Bonchev–Trinajstić information content (AvgIpc) is 3.62. The monoisotopic (exact) mass is 841 g/mol. The topological polar surface area (TPSA) is 3.24 Å². The van der Waals surface area contributed by atoms with Crippen LogP contribution in [0, 0.1) is 0 Å². The first-order valence-corrected chi connectivity index (χ1v) is 23.1. The van der Waals surface area contributed by atoms with Gasteiger partial charge in [-0.3, -0.25) is 0 Å². The maximum atomic E-state index is 3.45. The minimum Gasteiger partial charge on any atom is -0.313 e. The van der Waals surface area contributed by atoms with Gasteiger partial charge in [0.15, 0.2) is 0 Å². The number of para-hydroxylation sites is 1. The van der Waals surface area contributed by atoms with Crippen molar-refractivity contribution in [1.82, 2.24) is 0 Å². The zero-order valence-electron chi connectivity index (χ0n) is 37.2. The van der Waals surface area contributed by atoms with Crippen molar-refractivity contribution in [1.29, 1.82) is 0 Å². The second-order valence-corrected chi connectivity index (χ2v) is 18.1. The normalized spacial score (nSPS) is 14.6. The highest BCUT2D eigenvalue weighted by molar-refractivity contribution is 6.13. The Morgan fingerprint density at radius 1 is 0.455 bits per heavy atom. The van der Waals surface area contributed by atoms with E-state index in [2.05, 4.69) is 249 Å². The Labute approximate surface area is 387 Å². The standard InChI is InChI=1S/C65H47N/c1-65(2)59-33-14-12-28-56(59)58-43-50(39-41-60(58)65)66(61-34-15-13-27-51(61)44-19-6-3-7-20-44)62-42-40-55(64-54(31-18-32-57(62)64)46-23-10-5-11-24-46)48-37-35-47(36-38-48)53-30-17-26-49-25-16-29-52(63(49)53)45-21-8-4-9-22-45/h3-6,8-19,21-38,40,42-43H,39,41H2,1-2H3. The van der Waals surface area contributed by atoms with E-state index in [0.29, 0.717) is 0 Å². The minimum absolute atomic E-state index is 0.0161. The van der Waals surface area contributed by atoms with Crippen molar-refractivity contribution in [2.45, 2.75) is 32.1 Å². The molecule has 12 rings (SSSR count). The van der Waals surface area contributed by atoms with E-state index in [-0.39, 0.29) is 5.41 Å². The van der Waals surface area contributed by atoms with Gasteiger partial charge in [0.2, 0.25) is 0 Å². The third kappa shape index (κ3) is 6.57. The van der Waals surface area contributed by atoms with Crippen LogP contribution in [0.2, 0.25) is 0 Å². The lowest BCUT2D eigenvalue weighted by atomic mass is 9.78. The fraction of sp³-hybridized carbons (Fsp3) is 0.0769. The maximum Gasteiger partial charge on any atom is 0.0543 e. The summed E-state index contributed by atoms with van der Waals surface area (Å²) in [6.07, 6.45) is 10.5. The van der Waals surface area contributed by atoms with Crippen molar-refractivity contribution in [3.63, 3.8) is 0 Å². The molecule has 66 heavy (non-hydrogen) atoms. The molecule has 9 aromatic carbocycles. The summed E-state index contributed by atoms with van der Waals surface area (Å²) in [5.74, 6) is 0. The molecule has 0 radical (unpaired) electrons. The third-order valence-corrected chi connectivity index (χ3v) is 14.1. The lowest BCUT2D eigenvalue weighted by Gasteiger charge is -2.34. The molecule has 0 heterocycles. The number of hydrogen-bond acceptors (Lipinski definition) is 1. The Morgan fingerprint density at radius 3 is 1.68 bits per heavy atom. The highest BCUT2D eigenvalue weighted by atomic mass is 15.2. The van der Waals surface area contributed by atoms with Crippen LogP contribution < -0.4 is 4.90 Å². The molecule has 0 aromatic heterocycles. The molecule has 0 spiro atoms. The first-order chi connectivity index (χ1) is 32.5. The van der Waals surface area contributed by atoms with Crippen molar-refractivity contribution < 1.29 is 0 Å². The predicted molar refractivity (Wildman–Crippen MR) is 280 cm³/mol. The van der Waals surface area contributed by atoms with E-state index in [9.17, 15) is 0 Å². The van der Waals surface area contributed by atoms with E-state index in [0.717, 1.165) is 35.4 Å². The average molecular weight is 842 g/mol. The molecule has 0 amide bonds. The lowest BCUT2D eigenvalue weighted by molar-refractivity contribution is 0.602. The van der Waals surface area contributed by atoms with Crippen LogP contribution in [0.25, 0.3) is 77.2 Å². The van der Waals surface area contributed by atoms with Gasteiger partial charge in [0.05, 0.1) is 11.4 Å². The van der Waals surface area contributed by atoms with Gasteiger partial charge >= 0.3 is 0 Å². The second-order valence-electron chi connectivity index (χ2n) is 18.1. The first kappa shape index (κ1) is 39.4. The molecule has 0 fully saturated rings. The van der Waals surface area contributed by atoms with Gasteiger partial charge in [-0.05, 0) is 121 Å². The molecule has 0 N–H and O–H groups in total. The summed E-state index contributed by atoms with van der Waals surface area (Å²) in [7, 11) is 0. The molecule has 312 valence electrons. The maximum absolute atomic E-state index is 3.45. The SMILES string of the molecule is CC1(C)C2=C(C=C(N(c3ccccc3C3=C=C=CC=C3)c3ccc(-c4ccc(-c5cccc6cccc(-c7ccccc7)c56)cc4)c4c(-c5ccccc5)cccc34)CC2)c2ccccc21. The van der Waals surface area contributed by atoms with Gasteiger partial charge in [-0.25, -0.2) is 0 Å². The number of benzene rings is 9. The highest BCUT2D eigenvalue weighted by Gasteiger charge is 2.39. The van der Waals surface area contributed by atoms with Crippen LogP contribution in [-0.2, 0) is 5.41 Å². The fourth-order valence-electron chi connectivity index (χ4n) is 11.0. The van der Waals surface area contributed by atoms with Crippen molar-refractivity contribution in [3.05, 3.63) is 264 Å². The summed E-state index contributed by atoms with van der Waals surface area (Å²) in [5, 5.41) is 4.95. The first-order valence-electron chi connectivity index (χ1n) is 23.1. The molecule has 1 heteroatoms. The van der Waals surface area contributed by atoms with Crippen molar-refractivity contribution in [2.75, 3.05) is 4.90 Å². The van der Waals surface area contributed by atoms with Gasteiger partial charge in [-0.15, -0.1) is 0 Å². The minimum atomic E-state index is -0.0161. The molecular formula is C65H47N. The van der Waals surface area contributed by atoms with Crippen LogP contribution in [0.15, 0.2) is 247 Å². The highest BCUT2D eigenvalue weighted by Crippen LogP contribution is 2.53. The van der Waals surface area contributed by atoms with Crippen molar-refractivity contribution >= 4 is 44.1 Å². The number of rotatable bonds is 8. The number of anilines is 2. The lowest BCUT2D eigenvalue weighted by Crippen LogP contribution is -2.23. The van der Waals surface area contributed by atoms with E-state index in [1.54, 1.807) is 0 Å². The molecule has 0 atom stereocenters. The van der Waals surface area contributed by atoms with E-state index in [1.807, 2.05) is 6.08 Å². The molecular weight excluding hydrogens is 795 g/mol. The summed E-state index contributed by atoms with van der Waals surface area (Å²) >= 11 is 0. The molecule has 0 aliphatic heterocycles. The van der Waals surface area contributed by atoms with Gasteiger partial charge in [-0.1, -0.05) is 225 Å². The molecule has 0 bridgehead atoms. The summed E-state index contributed by atoms with van der Waals surface area (Å²) < 4.78 is 0. The molecule has 3 aliphatic rings. The molecule has 0 saturated carbocycles. The van der Waals surface area contributed by atoms with Gasteiger partial charge in [0.1, 0.15) is 0 Å². The summed E-state index contributed by atoms with van der Waals surface area (Å²) in [4.78, 5) is 2.56. The second kappa shape index (κ2) is 16.1. The van der Waals surface area contributed by atoms with Crippen LogP contribution in [0.4, 0.5) is 11.4 Å².